The number of aromatic nitrogens is 1. The molecule has 0 fully saturated rings. The van der Waals surface area contributed by atoms with Crippen LogP contribution < -0.4 is 10.1 Å². The first-order chi connectivity index (χ1) is 14.7. The number of carbonyl (C=O) groups excluding carboxylic acids is 1. The minimum Gasteiger partial charge on any atom is -0.497 e. The average molecular weight is 443 g/mol. The molecule has 1 N–H and O–H groups in total. The Hall–Kier alpha value is -3.39. The van der Waals surface area contributed by atoms with Gasteiger partial charge in [0.15, 0.2) is 0 Å². The largest absolute Gasteiger partial charge is 0.497 e. The van der Waals surface area contributed by atoms with Crippen molar-refractivity contribution in [2.24, 2.45) is 0 Å². The zero-order valence-electron chi connectivity index (χ0n) is 17.5. The molecule has 0 aliphatic rings. The van der Waals surface area contributed by atoms with Crippen molar-refractivity contribution < 1.29 is 22.3 Å². The van der Waals surface area contributed by atoms with E-state index in [1.54, 1.807) is 48.8 Å². The monoisotopic (exact) mass is 442 g/mol. The molecule has 0 aliphatic heterocycles. The highest BCUT2D eigenvalue weighted by atomic mass is 32.2. The standard InChI is InChI=1S/C23H23FN2O4S/c1-5-13-26-16(3)15(2)21(31(28,29)20-11-9-18(24)10-12-20)22(26)25-23(27)17-7-6-8-19(14-17)30-4/h5-12,14H,1,13H2,2-4H3,(H,25,27). The van der Waals surface area contributed by atoms with Crippen molar-refractivity contribution in [3.63, 3.8) is 0 Å². The molecule has 0 saturated carbocycles. The molecule has 1 aromatic heterocycles. The van der Waals surface area contributed by atoms with Gasteiger partial charge < -0.3 is 14.6 Å². The number of nitrogens with zero attached hydrogens (tertiary/aromatic N) is 1. The topological polar surface area (TPSA) is 77.4 Å². The second-order valence-corrected chi connectivity index (χ2v) is 8.82. The van der Waals surface area contributed by atoms with Gasteiger partial charge in [0, 0.05) is 17.8 Å². The van der Waals surface area contributed by atoms with Gasteiger partial charge in [-0.15, -0.1) is 6.58 Å². The summed E-state index contributed by atoms with van der Waals surface area (Å²) in [6.45, 7) is 7.46. The minimum atomic E-state index is -4.04. The Balaban J connectivity index is 2.16. The number of anilines is 1. The fraction of sp³-hybridized carbons (Fsp3) is 0.174. The number of methoxy groups -OCH3 is 1. The van der Waals surface area contributed by atoms with Crippen LogP contribution in [-0.2, 0) is 16.4 Å². The molecule has 6 nitrogen and oxygen atoms in total. The Bertz CT molecular complexity index is 1250. The van der Waals surface area contributed by atoms with Crippen molar-refractivity contribution in [2.75, 3.05) is 12.4 Å². The van der Waals surface area contributed by atoms with Crippen LogP contribution in [-0.4, -0.2) is 26.0 Å². The number of halogens is 1. The first-order valence-electron chi connectivity index (χ1n) is 9.47. The minimum absolute atomic E-state index is 0.0327. The molecule has 0 spiro atoms. The van der Waals surface area contributed by atoms with E-state index in [1.165, 1.54) is 19.2 Å². The smallest absolute Gasteiger partial charge is 0.256 e. The SMILES string of the molecule is C=CCn1c(C)c(C)c(S(=O)(=O)c2ccc(F)cc2)c1NC(=O)c1cccc(OC)c1. The van der Waals surface area contributed by atoms with E-state index in [2.05, 4.69) is 11.9 Å². The predicted molar refractivity (Wildman–Crippen MR) is 117 cm³/mol. The average Bonchev–Trinajstić information content (AvgIpc) is 2.99. The Morgan fingerprint density at radius 2 is 1.87 bits per heavy atom. The van der Waals surface area contributed by atoms with Gasteiger partial charge in [0.2, 0.25) is 9.84 Å². The van der Waals surface area contributed by atoms with Crippen molar-refractivity contribution in [1.82, 2.24) is 4.57 Å². The van der Waals surface area contributed by atoms with E-state index in [1.807, 2.05) is 0 Å². The van der Waals surface area contributed by atoms with Crippen molar-refractivity contribution in [1.29, 1.82) is 0 Å². The maximum Gasteiger partial charge on any atom is 0.256 e. The molecule has 2 aromatic carbocycles. The summed E-state index contributed by atoms with van der Waals surface area (Å²) in [6.07, 6.45) is 1.61. The van der Waals surface area contributed by atoms with Crippen LogP contribution in [0.5, 0.6) is 5.75 Å². The Morgan fingerprint density at radius 3 is 2.48 bits per heavy atom. The van der Waals surface area contributed by atoms with Crippen LogP contribution in [0.3, 0.4) is 0 Å². The maximum atomic E-state index is 13.4. The van der Waals surface area contributed by atoms with Crippen LogP contribution in [0.1, 0.15) is 21.6 Å². The Morgan fingerprint density at radius 1 is 1.19 bits per heavy atom. The predicted octanol–water partition coefficient (Wildman–Crippen LogP) is 4.52. The van der Waals surface area contributed by atoms with E-state index >= 15 is 0 Å². The molecule has 1 heterocycles. The molecule has 0 radical (unpaired) electrons. The van der Waals surface area contributed by atoms with E-state index in [4.69, 9.17) is 4.74 Å². The van der Waals surface area contributed by atoms with Gasteiger partial charge in [-0.3, -0.25) is 4.79 Å². The second-order valence-electron chi connectivity index (χ2n) is 6.93. The molecule has 0 saturated heterocycles. The third-order valence-electron chi connectivity index (χ3n) is 5.04. The van der Waals surface area contributed by atoms with Gasteiger partial charge in [0.25, 0.3) is 5.91 Å². The highest BCUT2D eigenvalue weighted by molar-refractivity contribution is 7.91. The van der Waals surface area contributed by atoms with E-state index in [-0.39, 0.29) is 15.6 Å². The van der Waals surface area contributed by atoms with Crippen LogP contribution in [0.25, 0.3) is 0 Å². The lowest BCUT2D eigenvalue weighted by atomic mass is 10.2. The zero-order chi connectivity index (χ0) is 22.8. The number of rotatable bonds is 7. The van der Waals surface area contributed by atoms with Crippen LogP contribution in [0.15, 0.2) is 71.0 Å². The molecule has 8 heteroatoms. The lowest BCUT2D eigenvalue weighted by Crippen LogP contribution is -2.18. The first-order valence-corrected chi connectivity index (χ1v) is 11.0. The van der Waals surface area contributed by atoms with Gasteiger partial charge in [-0.05, 0) is 61.9 Å². The summed E-state index contributed by atoms with van der Waals surface area (Å²) in [5.74, 6) is -0.396. The normalized spacial score (nSPS) is 11.2. The van der Waals surface area contributed by atoms with Crippen LogP contribution >= 0.6 is 0 Å². The first kappa shape index (κ1) is 22.3. The highest BCUT2D eigenvalue weighted by Gasteiger charge is 2.30. The zero-order valence-corrected chi connectivity index (χ0v) is 18.3. The highest BCUT2D eigenvalue weighted by Crippen LogP contribution is 2.35. The fourth-order valence-corrected chi connectivity index (χ4v) is 5.02. The summed E-state index contributed by atoms with van der Waals surface area (Å²) in [4.78, 5) is 12.9. The molecule has 162 valence electrons. The maximum absolute atomic E-state index is 13.4. The second kappa shape index (κ2) is 8.77. The number of allylic oxidation sites excluding steroid dienone is 1. The molecule has 31 heavy (non-hydrogen) atoms. The number of amides is 1. The number of nitrogens with one attached hydrogen (secondary N) is 1. The van der Waals surface area contributed by atoms with Gasteiger partial charge in [0.1, 0.15) is 22.3 Å². The number of sulfone groups is 1. The molecule has 0 bridgehead atoms. The molecule has 0 atom stereocenters. The number of ether oxygens (including phenoxy) is 1. The number of hydrogen-bond donors (Lipinski definition) is 1. The molecular weight excluding hydrogens is 419 g/mol. The summed E-state index contributed by atoms with van der Waals surface area (Å²) in [6, 6.07) is 11.1. The van der Waals surface area contributed by atoms with E-state index in [9.17, 15) is 17.6 Å². The van der Waals surface area contributed by atoms with Gasteiger partial charge in [-0.2, -0.15) is 0 Å². The quantitative estimate of drug-likeness (QED) is 0.431. The number of carbonyl (C=O) groups is 1. The van der Waals surface area contributed by atoms with Crippen LogP contribution in [0, 0.1) is 19.7 Å². The summed E-state index contributed by atoms with van der Waals surface area (Å²) in [5, 5.41) is 2.75. The molecule has 0 aliphatic carbocycles. The van der Waals surface area contributed by atoms with Crippen LogP contribution in [0.2, 0.25) is 0 Å². The van der Waals surface area contributed by atoms with Crippen molar-refractivity contribution >= 4 is 21.6 Å². The van der Waals surface area contributed by atoms with Crippen molar-refractivity contribution in [3.8, 4) is 5.75 Å². The summed E-state index contributed by atoms with van der Waals surface area (Å²) < 4.78 is 47.1. The van der Waals surface area contributed by atoms with Crippen molar-refractivity contribution in [2.45, 2.75) is 30.2 Å². The molecule has 3 rings (SSSR count). The van der Waals surface area contributed by atoms with Gasteiger partial charge in [0.05, 0.1) is 12.0 Å². The molecule has 0 unspecified atom stereocenters. The third-order valence-corrected chi connectivity index (χ3v) is 6.97. The Kier molecular flexibility index (Phi) is 6.31. The fourth-order valence-electron chi connectivity index (χ4n) is 3.32. The summed E-state index contributed by atoms with van der Waals surface area (Å²) in [5.41, 5.74) is 1.47. The number of benzene rings is 2. The van der Waals surface area contributed by atoms with E-state index in [0.29, 0.717) is 29.1 Å². The lowest BCUT2D eigenvalue weighted by Gasteiger charge is -2.13. The van der Waals surface area contributed by atoms with Crippen molar-refractivity contribution in [3.05, 3.63) is 83.8 Å². The molecular formula is C23H23FN2O4S. The van der Waals surface area contributed by atoms with Gasteiger partial charge >= 0.3 is 0 Å². The third kappa shape index (κ3) is 4.25. The summed E-state index contributed by atoms with van der Waals surface area (Å²) >= 11 is 0. The van der Waals surface area contributed by atoms with E-state index in [0.717, 1.165) is 12.1 Å². The molecule has 1 amide bonds. The summed E-state index contributed by atoms with van der Waals surface area (Å²) in [7, 11) is -2.55. The lowest BCUT2D eigenvalue weighted by molar-refractivity contribution is 0.102. The van der Waals surface area contributed by atoms with E-state index < -0.39 is 21.6 Å². The van der Waals surface area contributed by atoms with Gasteiger partial charge in [-0.25, -0.2) is 12.8 Å². The van der Waals surface area contributed by atoms with Gasteiger partial charge in [-0.1, -0.05) is 12.1 Å². The Labute approximate surface area is 180 Å². The number of hydrogen-bond acceptors (Lipinski definition) is 4. The molecule has 3 aromatic rings. The van der Waals surface area contributed by atoms with Crippen LogP contribution in [0.4, 0.5) is 10.2 Å².